The molecule has 0 aliphatic carbocycles. The molecule has 0 radical (unpaired) electrons. The van der Waals surface area contributed by atoms with Gasteiger partial charge < -0.3 is 15.1 Å². The predicted octanol–water partition coefficient (Wildman–Crippen LogP) is 2.23. The Kier molecular flexibility index (Phi) is 11.7. The van der Waals surface area contributed by atoms with Crippen molar-refractivity contribution in [2.24, 2.45) is 0 Å². The van der Waals surface area contributed by atoms with Gasteiger partial charge in [-0.05, 0) is 26.6 Å². The Bertz CT molecular complexity index is 379. The summed E-state index contributed by atoms with van der Waals surface area (Å²) in [6.07, 6.45) is 1.74. The molecule has 1 aromatic heterocycles. The first-order chi connectivity index (χ1) is 8.06. The molecule has 2 N–H and O–H groups in total. The zero-order valence-electron chi connectivity index (χ0n) is 11.4. The SMILES string of the molecule is Cc1ncc(CSCCN(C)C)c(CO)c1O.Cl.Cl. The third kappa shape index (κ3) is 6.68. The molecule has 0 bridgehead atoms. The number of aromatic hydroxyl groups is 1. The standard InChI is InChI=1S/C12H20N2O2S.2ClH/c1-9-12(16)11(7-15)10(6-13-9)8-17-5-4-14(2)3;;/h6,15-16H,4-5,7-8H2,1-3H3;2*1H. The number of aliphatic hydroxyl groups is 1. The van der Waals surface area contributed by atoms with E-state index >= 15 is 0 Å². The van der Waals surface area contributed by atoms with Crippen LogP contribution in [0.5, 0.6) is 5.75 Å². The van der Waals surface area contributed by atoms with Gasteiger partial charge in [0, 0.05) is 29.8 Å². The molecule has 1 rings (SSSR count). The zero-order chi connectivity index (χ0) is 12.8. The lowest BCUT2D eigenvalue weighted by atomic mass is 10.1. The molecule has 1 aromatic rings. The Morgan fingerprint density at radius 2 is 1.95 bits per heavy atom. The number of aliphatic hydroxyl groups excluding tert-OH is 1. The van der Waals surface area contributed by atoms with Crippen LogP contribution in [0.2, 0.25) is 0 Å². The minimum absolute atomic E-state index is 0. The number of thioether (sulfide) groups is 1. The van der Waals surface area contributed by atoms with Gasteiger partial charge in [-0.3, -0.25) is 4.98 Å². The summed E-state index contributed by atoms with van der Waals surface area (Å²) in [6, 6.07) is 0. The molecule has 0 atom stereocenters. The van der Waals surface area contributed by atoms with Crippen LogP contribution in [-0.4, -0.2) is 46.5 Å². The number of aromatic nitrogens is 1. The fraction of sp³-hybridized carbons (Fsp3) is 0.583. The molecule has 19 heavy (non-hydrogen) atoms. The number of nitrogens with zero attached hydrogens (tertiary/aromatic N) is 2. The average molecular weight is 329 g/mol. The molecular formula is C12H22Cl2N2O2S. The quantitative estimate of drug-likeness (QED) is 0.784. The Morgan fingerprint density at radius 3 is 2.47 bits per heavy atom. The van der Waals surface area contributed by atoms with E-state index in [2.05, 4.69) is 9.88 Å². The highest BCUT2D eigenvalue weighted by Crippen LogP contribution is 2.26. The molecule has 0 aliphatic heterocycles. The summed E-state index contributed by atoms with van der Waals surface area (Å²) in [5.41, 5.74) is 2.09. The van der Waals surface area contributed by atoms with Crippen molar-refractivity contribution in [3.8, 4) is 5.75 Å². The second-order valence-electron chi connectivity index (χ2n) is 4.21. The second kappa shape index (κ2) is 10.6. The van der Waals surface area contributed by atoms with Crippen molar-refractivity contribution in [1.82, 2.24) is 9.88 Å². The predicted molar refractivity (Wildman–Crippen MR) is 85.8 cm³/mol. The van der Waals surface area contributed by atoms with Gasteiger partial charge in [-0.2, -0.15) is 11.8 Å². The van der Waals surface area contributed by atoms with E-state index in [-0.39, 0.29) is 37.2 Å². The molecule has 0 fully saturated rings. The van der Waals surface area contributed by atoms with Crippen LogP contribution in [0.4, 0.5) is 0 Å². The van der Waals surface area contributed by atoms with E-state index in [4.69, 9.17) is 0 Å². The van der Waals surface area contributed by atoms with Gasteiger partial charge in [0.1, 0.15) is 5.75 Å². The molecular weight excluding hydrogens is 307 g/mol. The normalized spacial score (nSPS) is 9.95. The molecule has 7 heteroatoms. The van der Waals surface area contributed by atoms with Crippen molar-refractivity contribution in [2.45, 2.75) is 19.3 Å². The van der Waals surface area contributed by atoms with Crippen LogP contribution < -0.4 is 0 Å². The number of pyridine rings is 1. The van der Waals surface area contributed by atoms with Gasteiger partial charge in [-0.15, -0.1) is 24.8 Å². The minimum Gasteiger partial charge on any atom is -0.506 e. The second-order valence-corrected chi connectivity index (χ2v) is 5.32. The molecule has 1 heterocycles. The van der Waals surface area contributed by atoms with Gasteiger partial charge in [0.25, 0.3) is 0 Å². The molecule has 0 unspecified atom stereocenters. The van der Waals surface area contributed by atoms with Crippen molar-refractivity contribution >= 4 is 36.6 Å². The first kappa shape index (κ1) is 21.1. The topological polar surface area (TPSA) is 56.6 Å². The van der Waals surface area contributed by atoms with Crippen molar-refractivity contribution in [1.29, 1.82) is 0 Å². The number of hydrogen-bond acceptors (Lipinski definition) is 5. The molecule has 0 spiro atoms. The van der Waals surface area contributed by atoms with Gasteiger partial charge >= 0.3 is 0 Å². The van der Waals surface area contributed by atoms with Gasteiger partial charge in [0.05, 0.1) is 12.3 Å². The fourth-order valence-electron chi connectivity index (χ4n) is 1.41. The van der Waals surface area contributed by atoms with E-state index in [0.29, 0.717) is 11.3 Å². The number of rotatable bonds is 6. The highest BCUT2D eigenvalue weighted by Gasteiger charge is 2.10. The van der Waals surface area contributed by atoms with Gasteiger partial charge in [-0.25, -0.2) is 0 Å². The smallest absolute Gasteiger partial charge is 0.142 e. The Hall–Kier alpha value is -0.200. The summed E-state index contributed by atoms with van der Waals surface area (Å²) < 4.78 is 0. The van der Waals surface area contributed by atoms with Crippen LogP contribution in [0.1, 0.15) is 16.8 Å². The monoisotopic (exact) mass is 328 g/mol. The van der Waals surface area contributed by atoms with Crippen molar-refractivity contribution in [3.05, 3.63) is 23.0 Å². The molecule has 0 saturated carbocycles. The van der Waals surface area contributed by atoms with E-state index in [1.54, 1.807) is 24.9 Å². The van der Waals surface area contributed by atoms with Crippen molar-refractivity contribution < 1.29 is 10.2 Å². The summed E-state index contributed by atoms with van der Waals surface area (Å²) >= 11 is 1.77. The summed E-state index contributed by atoms with van der Waals surface area (Å²) in [5.74, 6) is 1.91. The number of aryl methyl sites for hydroxylation is 1. The first-order valence-electron chi connectivity index (χ1n) is 5.56. The Morgan fingerprint density at radius 1 is 1.32 bits per heavy atom. The molecule has 0 saturated heterocycles. The summed E-state index contributed by atoms with van der Waals surface area (Å²) in [4.78, 5) is 6.25. The van der Waals surface area contributed by atoms with Crippen LogP contribution >= 0.6 is 36.6 Å². The van der Waals surface area contributed by atoms with Crippen LogP contribution in [0, 0.1) is 6.92 Å². The van der Waals surface area contributed by atoms with Gasteiger partial charge in [0.2, 0.25) is 0 Å². The molecule has 4 nitrogen and oxygen atoms in total. The van der Waals surface area contributed by atoms with Crippen LogP contribution in [0.15, 0.2) is 6.20 Å². The lowest BCUT2D eigenvalue weighted by Crippen LogP contribution is -2.14. The fourth-order valence-corrected chi connectivity index (χ4v) is 2.52. The third-order valence-corrected chi connectivity index (χ3v) is 3.52. The van der Waals surface area contributed by atoms with Gasteiger partial charge in [-0.1, -0.05) is 0 Å². The summed E-state index contributed by atoms with van der Waals surface area (Å²) in [6.45, 7) is 2.61. The van der Waals surface area contributed by atoms with Crippen LogP contribution in [0.25, 0.3) is 0 Å². The average Bonchev–Trinajstić information content (AvgIpc) is 2.29. The van der Waals surface area contributed by atoms with Gasteiger partial charge in [0.15, 0.2) is 0 Å². The molecule has 0 aromatic carbocycles. The van der Waals surface area contributed by atoms with Crippen molar-refractivity contribution in [3.63, 3.8) is 0 Å². The number of hydrogen-bond donors (Lipinski definition) is 2. The Labute approximate surface area is 131 Å². The maximum Gasteiger partial charge on any atom is 0.142 e. The molecule has 0 amide bonds. The molecule has 112 valence electrons. The zero-order valence-corrected chi connectivity index (χ0v) is 13.9. The van der Waals surface area contributed by atoms with Crippen LogP contribution in [-0.2, 0) is 12.4 Å². The van der Waals surface area contributed by atoms with Crippen molar-refractivity contribution in [2.75, 3.05) is 26.4 Å². The largest absolute Gasteiger partial charge is 0.506 e. The lowest BCUT2D eigenvalue weighted by molar-refractivity contribution is 0.274. The third-order valence-electron chi connectivity index (χ3n) is 2.53. The maximum absolute atomic E-state index is 9.78. The lowest BCUT2D eigenvalue weighted by Gasteiger charge is -2.12. The van der Waals surface area contributed by atoms with E-state index in [1.807, 2.05) is 14.1 Å². The van der Waals surface area contributed by atoms with E-state index in [1.165, 1.54) is 0 Å². The first-order valence-corrected chi connectivity index (χ1v) is 6.71. The van der Waals surface area contributed by atoms with E-state index in [0.717, 1.165) is 23.6 Å². The Balaban J connectivity index is 0. The maximum atomic E-state index is 9.78. The van der Waals surface area contributed by atoms with E-state index in [9.17, 15) is 10.2 Å². The highest BCUT2D eigenvalue weighted by atomic mass is 35.5. The summed E-state index contributed by atoms with van der Waals surface area (Å²) in [7, 11) is 4.08. The summed E-state index contributed by atoms with van der Waals surface area (Å²) in [5, 5.41) is 19.0. The van der Waals surface area contributed by atoms with Crippen LogP contribution in [0.3, 0.4) is 0 Å². The minimum atomic E-state index is -0.140. The highest BCUT2D eigenvalue weighted by molar-refractivity contribution is 7.98. The number of halogens is 2. The molecule has 0 aliphatic rings. The van der Waals surface area contributed by atoms with E-state index < -0.39 is 0 Å².